The third-order valence-corrected chi connectivity index (χ3v) is 6.49. The molecule has 1 atom stereocenters. The van der Waals surface area contributed by atoms with Crippen LogP contribution in [0.25, 0.3) is 0 Å². The Labute approximate surface area is 166 Å². The number of carbonyl (C=O) groups excluding carboxylic acids is 1. The van der Waals surface area contributed by atoms with Gasteiger partial charge in [-0.1, -0.05) is 43.8 Å². The van der Waals surface area contributed by atoms with Crippen molar-refractivity contribution in [1.82, 2.24) is 5.32 Å². The highest BCUT2D eigenvalue weighted by molar-refractivity contribution is 8.13. The third-order valence-electron chi connectivity index (χ3n) is 5.15. The summed E-state index contributed by atoms with van der Waals surface area (Å²) in [6.07, 6.45) is 0. The highest BCUT2D eigenvalue weighted by Gasteiger charge is 2.47. The van der Waals surface area contributed by atoms with E-state index in [2.05, 4.69) is 10.3 Å². The molecule has 0 bridgehead atoms. The van der Waals surface area contributed by atoms with Crippen molar-refractivity contribution in [2.24, 2.45) is 10.4 Å². The standard InChI is InChI=1S/C20H20FN3O3S/c1-19(2)12-28-18(22-17(25)13-7-5-4-6-8-13)23-20(19,3)15-11-14(24(26)27)9-10-16(15)21/h4-11H,12H2,1-3H3,(H,22,23,25)/t20-/m1/s1. The molecule has 0 radical (unpaired) electrons. The Hall–Kier alpha value is -2.74. The molecule has 0 fully saturated rings. The fourth-order valence-corrected chi connectivity index (χ4v) is 4.21. The Morgan fingerprint density at radius 2 is 1.89 bits per heavy atom. The number of hydrogen-bond donors (Lipinski definition) is 1. The van der Waals surface area contributed by atoms with Crippen molar-refractivity contribution in [2.45, 2.75) is 26.3 Å². The van der Waals surface area contributed by atoms with Crippen LogP contribution in [0.3, 0.4) is 0 Å². The molecule has 1 aliphatic rings. The maximum atomic E-state index is 14.7. The van der Waals surface area contributed by atoms with E-state index in [-0.39, 0.29) is 17.2 Å². The lowest BCUT2D eigenvalue weighted by Gasteiger charge is -2.44. The van der Waals surface area contributed by atoms with Crippen LogP contribution >= 0.6 is 11.8 Å². The fraction of sp³-hybridized carbons (Fsp3) is 0.300. The van der Waals surface area contributed by atoms with Crippen LogP contribution in [0, 0.1) is 21.3 Å². The second-order valence-electron chi connectivity index (χ2n) is 7.40. The number of nitrogens with one attached hydrogen (secondary N) is 1. The van der Waals surface area contributed by atoms with Gasteiger partial charge in [-0.25, -0.2) is 4.39 Å². The normalized spacial score (nSPS) is 20.9. The molecule has 1 amide bonds. The van der Waals surface area contributed by atoms with Crippen molar-refractivity contribution in [3.8, 4) is 0 Å². The first-order chi connectivity index (χ1) is 13.1. The van der Waals surface area contributed by atoms with Gasteiger partial charge < -0.3 is 5.32 Å². The number of nitro groups is 1. The second kappa shape index (κ2) is 7.35. The Morgan fingerprint density at radius 3 is 2.54 bits per heavy atom. The molecule has 8 heteroatoms. The van der Waals surface area contributed by atoms with E-state index in [4.69, 9.17) is 0 Å². The zero-order valence-corrected chi connectivity index (χ0v) is 16.5. The molecule has 1 heterocycles. The third kappa shape index (κ3) is 3.64. The molecule has 0 aromatic heterocycles. The Morgan fingerprint density at radius 1 is 1.21 bits per heavy atom. The summed E-state index contributed by atoms with van der Waals surface area (Å²) in [5, 5.41) is 14.3. The Bertz CT molecular complexity index is 962. The van der Waals surface area contributed by atoms with Crippen LogP contribution < -0.4 is 5.32 Å². The summed E-state index contributed by atoms with van der Waals surface area (Å²) in [5.74, 6) is -0.321. The minimum atomic E-state index is -1.09. The first-order valence-electron chi connectivity index (χ1n) is 8.67. The molecule has 3 rings (SSSR count). The smallest absolute Gasteiger partial charge is 0.270 e. The van der Waals surface area contributed by atoms with Gasteiger partial charge in [0.15, 0.2) is 5.17 Å². The molecule has 2 aromatic carbocycles. The lowest BCUT2D eigenvalue weighted by molar-refractivity contribution is -0.385. The van der Waals surface area contributed by atoms with Crippen LogP contribution in [-0.4, -0.2) is 21.8 Å². The summed E-state index contributed by atoms with van der Waals surface area (Å²) in [6.45, 7) is 5.60. The number of hydrogen-bond acceptors (Lipinski definition) is 5. The molecule has 2 aromatic rings. The number of rotatable bonds is 3. The molecule has 0 aliphatic carbocycles. The molecule has 0 unspecified atom stereocenters. The van der Waals surface area contributed by atoms with Crippen molar-refractivity contribution in [3.63, 3.8) is 0 Å². The number of carbonyl (C=O) groups is 1. The van der Waals surface area contributed by atoms with Crippen molar-refractivity contribution in [3.05, 3.63) is 75.6 Å². The minimum absolute atomic E-state index is 0.137. The summed E-state index contributed by atoms with van der Waals surface area (Å²) >= 11 is 1.37. The SMILES string of the molecule is CC1(C)CSC(NC(=O)c2ccccc2)=N[C@]1(C)c1cc([N+](=O)[O-])ccc1F. The number of aliphatic imine (C=N–C) groups is 1. The molecule has 28 heavy (non-hydrogen) atoms. The molecule has 0 spiro atoms. The quantitative estimate of drug-likeness (QED) is 0.606. The van der Waals surface area contributed by atoms with Gasteiger partial charge in [0.2, 0.25) is 0 Å². The number of halogens is 1. The minimum Gasteiger partial charge on any atom is -0.301 e. The zero-order chi connectivity index (χ0) is 20.5. The van der Waals surface area contributed by atoms with E-state index in [0.29, 0.717) is 16.5 Å². The van der Waals surface area contributed by atoms with Crippen LogP contribution in [0.5, 0.6) is 0 Å². The number of amidine groups is 1. The molecular formula is C20H20FN3O3S. The van der Waals surface area contributed by atoms with E-state index in [1.54, 1.807) is 31.2 Å². The van der Waals surface area contributed by atoms with Gasteiger partial charge in [-0.2, -0.15) is 0 Å². The zero-order valence-electron chi connectivity index (χ0n) is 15.7. The number of benzene rings is 2. The van der Waals surface area contributed by atoms with Gasteiger partial charge in [0.1, 0.15) is 5.82 Å². The highest BCUT2D eigenvalue weighted by Crippen LogP contribution is 2.49. The van der Waals surface area contributed by atoms with E-state index in [1.165, 1.54) is 17.8 Å². The molecule has 6 nitrogen and oxygen atoms in total. The van der Waals surface area contributed by atoms with E-state index >= 15 is 0 Å². The van der Waals surface area contributed by atoms with Gasteiger partial charge in [-0.15, -0.1) is 0 Å². The predicted molar refractivity (Wildman–Crippen MR) is 108 cm³/mol. The molecular weight excluding hydrogens is 381 g/mol. The van der Waals surface area contributed by atoms with Crippen LogP contribution in [0.2, 0.25) is 0 Å². The first kappa shape index (κ1) is 20.0. The van der Waals surface area contributed by atoms with Crippen LogP contribution in [0.15, 0.2) is 53.5 Å². The van der Waals surface area contributed by atoms with E-state index in [0.717, 1.165) is 12.1 Å². The topological polar surface area (TPSA) is 84.6 Å². The molecule has 0 saturated heterocycles. The largest absolute Gasteiger partial charge is 0.301 e. The molecule has 1 N–H and O–H groups in total. The van der Waals surface area contributed by atoms with Crippen molar-refractivity contribution in [1.29, 1.82) is 0 Å². The fourth-order valence-electron chi connectivity index (χ4n) is 3.02. The lowest BCUT2D eigenvalue weighted by Crippen LogP contribution is -2.46. The van der Waals surface area contributed by atoms with Gasteiger partial charge in [0.25, 0.3) is 11.6 Å². The van der Waals surface area contributed by atoms with Gasteiger partial charge in [0, 0.05) is 34.4 Å². The number of nitro benzene ring substituents is 1. The maximum absolute atomic E-state index is 14.7. The monoisotopic (exact) mass is 401 g/mol. The van der Waals surface area contributed by atoms with Crippen LogP contribution in [-0.2, 0) is 5.54 Å². The molecule has 146 valence electrons. The number of nitrogens with zero attached hydrogens (tertiary/aromatic N) is 2. The summed E-state index contributed by atoms with van der Waals surface area (Å²) in [5.41, 5.74) is -1.17. The van der Waals surface area contributed by atoms with Gasteiger partial charge in [0.05, 0.1) is 10.5 Å². The van der Waals surface area contributed by atoms with Crippen LogP contribution in [0.1, 0.15) is 36.7 Å². The molecule has 0 saturated carbocycles. The first-order valence-corrected chi connectivity index (χ1v) is 9.66. The summed E-state index contributed by atoms with van der Waals surface area (Å²) < 4.78 is 14.7. The summed E-state index contributed by atoms with van der Waals surface area (Å²) in [6, 6.07) is 12.2. The lowest BCUT2D eigenvalue weighted by atomic mass is 9.70. The average molecular weight is 401 g/mol. The van der Waals surface area contributed by atoms with Crippen molar-refractivity contribution >= 4 is 28.5 Å². The van der Waals surface area contributed by atoms with Crippen LogP contribution in [0.4, 0.5) is 10.1 Å². The number of thioether (sulfide) groups is 1. The molecule has 1 aliphatic heterocycles. The average Bonchev–Trinajstić information content (AvgIpc) is 2.65. The van der Waals surface area contributed by atoms with Gasteiger partial charge in [-0.3, -0.25) is 19.9 Å². The Kier molecular flexibility index (Phi) is 5.25. The summed E-state index contributed by atoms with van der Waals surface area (Å²) in [7, 11) is 0. The van der Waals surface area contributed by atoms with Crippen molar-refractivity contribution < 1.29 is 14.1 Å². The maximum Gasteiger partial charge on any atom is 0.270 e. The van der Waals surface area contributed by atoms with Gasteiger partial charge in [-0.05, 0) is 25.1 Å². The summed E-state index contributed by atoms with van der Waals surface area (Å²) in [4.78, 5) is 27.7. The number of non-ortho nitro benzene ring substituents is 1. The second-order valence-corrected chi connectivity index (χ2v) is 8.37. The van der Waals surface area contributed by atoms with E-state index in [9.17, 15) is 19.3 Å². The van der Waals surface area contributed by atoms with Crippen molar-refractivity contribution in [2.75, 3.05) is 5.75 Å². The van der Waals surface area contributed by atoms with Gasteiger partial charge >= 0.3 is 0 Å². The predicted octanol–water partition coefficient (Wildman–Crippen LogP) is 4.51. The number of amides is 1. The Balaban J connectivity index is 2.02. The highest BCUT2D eigenvalue weighted by atomic mass is 32.2. The van der Waals surface area contributed by atoms with E-state index in [1.807, 2.05) is 19.9 Å². The van der Waals surface area contributed by atoms with E-state index < -0.39 is 21.7 Å².